The van der Waals surface area contributed by atoms with Crippen LogP contribution in [0.15, 0.2) is 0 Å². The smallest absolute Gasteiger partial charge is 0.309 e. The lowest BCUT2D eigenvalue weighted by Gasteiger charge is -2.16. The van der Waals surface area contributed by atoms with Gasteiger partial charge < -0.3 is 14.2 Å². The highest BCUT2D eigenvalue weighted by Gasteiger charge is 2.27. The van der Waals surface area contributed by atoms with E-state index in [4.69, 9.17) is 9.47 Å². The van der Waals surface area contributed by atoms with Crippen molar-refractivity contribution in [3.05, 3.63) is 0 Å². The fourth-order valence-electron chi connectivity index (χ4n) is 0.951. The fraction of sp³-hybridized carbons (Fsp3) is 0.800. The van der Waals surface area contributed by atoms with Crippen LogP contribution in [0.3, 0.4) is 0 Å². The van der Waals surface area contributed by atoms with Crippen LogP contribution >= 0.6 is 0 Å². The lowest BCUT2D eigenvalue weighted by atomic mass is 9.96. The fourth-order valence-corrected chi connectivity index (χ4v) is 0.951. The van der Waals surface area contributed by atoms with E-state index in [1.165, 1.54) is 14.2 Å². The third-order valence-corrected chi connectivity index (χ3v) is 2.23. The molecule has 0 aliphatic carbocycles. The summed E-state index contributed by atoms with van der Waals surface area (Å²) < 4.78 is 14.2. The number of hydrogen-bond donors (Lipinski definition) is 0. The van der Waals surface area contributed by atoms with Gasteiger partial charge in [-0.2, -0.15) is 0 Å². The molecule has 0 amide bonds. The molecule has 2 atom stereocenters. The van der Waals surface area contributed by atoms with Gasteiger partial charge in [0.15, 0.2) is 0 Å². The first-order valence-electron chi connectivity index (χ1n) is 4.78. The maximum absolute atomic E-state index is 11.4. The molecule has 2 unspecified atom stereocenters. The molecule has 5 nitrogen and oxygen atoms in total. The minimum absolute atomic E-state index is 0.202. The predicted octanol–water partition coefficient (Wildman–Crippen LogP) is 0.621. The van der Waals surface area contributed by atoms with E-state index in [0.29, 0.717) is 6.61 Å². The highest BCUT2D eigenvalue weighted by atomic mass is 16.6. The molecule has 0 aliphatic heterocycles. The first-order chi connectivity index (χ1) is 7.04. The van der Waals surface area contributed by atoms with E-state index in [2.05, 4.69) is 4.74 Å². The number of ether oxygens (including phenoxy) is 3. The molecule has 0 bridgehead atoms. The molecular weight excluding hydrogens is 200 g/mol. The summed E-state index contributed by atoms with van der Waals surface area (Å²) in [5, 5.41) is 0. The second-order valence-electron chi connectivity index (χ2n) is 3.26. The predicted molar refractivity (Wildman–Crippen MR) is 53.2 cm³/mol. The zero-order chi connectivity index (χ0) is 11.8. The summed E-state index contributed by atoms with van der Waals surface area (Å²) in [5.74, 6) is -1.82. The molecule has 0 aromatic rings. The number of methoxy groups -OCH3 is 2. The molecule has 0 saturated heterocycles. The molecule has 15 heavy (non-hydrogen) atoms. The van der Waals surface area contributed by atoms with Gasteiger partial charge in [0.05, 0.1) is 25.6 Å². The van der Waals surface area contributed by atoms with Crippen LogP contribution in [0.2, 0.25) is 0 Å². The van der Waals surface area contributed by atoms with Crippen LogP contribution in [0.4, 0.5) is 0 Å². The van der Waals surface area contributed by atoms with E-state index < -0.39 is 23.8 Å². The number of carbonyl (C=O) groups excluding carboxylic acids is 2. The molecule has 0 radical (unpaired) electrons. The van der Waals surface area contributed by atoms with Crippen molar-refractivity contribution in [2.45, 2.75) is 13.8 Å². The molecule has 0 aromatic heterocycles. The van der Waals surface area contributed by atoms with Crippen LogP contribution in [0.1, 0.15) is 13.8 Å². The minimum Gasteiger partial charge on any atom is -0.469 e. The molecular formula is C10H18O5. The van der Waals surface area contributed by atoms with E-state index in [1.807, 2.05) is 0 Å². The molecule has 88 valence electrons. The summed E-state index contributed by atoms with van der Waals surface area (Å²) in [7, 11) is 2.82. The molecule has 5 heteroatoms. The molecule has 0 aromatic carbocycles. The van der Waals surface area contributed by atoms with E-state index in [1.54, 1.807) is 13.8 Å². The zero-order valence-electron chi connectivity index (χ0n) is 9.61. The third-order valence-electron chi connectivity index (χ3n) is 2.23. The molecule has 0 aliphatic rings. The van der Waals surface area contributed by atoms with Gasteiger partial charge in [-0.1, -0.05) is 13.8 Å². The van der Waals surface area contributed by atoms with Crippen molar-refractivity contribution in [1.82, 2.24) is 0 Å². The van der Waals surface area contributed by atoms with Crippen molar-refractivity contribution in [1.29, 1.82) is 0 Å². The Kier molecular flexibility index (Phi) is 6.70. The van der Waals surface area contributed by atoms with Crippen molar-refractivity contribution in [2.75, 3.05) is 27.4 Å². The number of hydrogen-bond acceptors (Lipinski definition) is 5. The topological polar surface area (TPSA) is 61.8 Å². The summed E-state index contributed by atoms with van der Waals surface area (Å²) in [4.78, 5) is 22.5. The summed E-state index contributed by atoms with van der Waals surface area (Å²) >= 11 is 0. The molecule has 0 saturated carbocycles. The van der Waals surface area contributed by atoms with Gasteiger partial charge in [-0.25, -0.2) is 0 Å². The maximum Gasteiger partial charge on any atom is 0.309 e. The van der Waals surface area contributed by atoms with Gasteiger partial charge in [0.2, 0.25) is 0 Å². The average molecular weight is 218 g/mol. The summed E-state index contributed by atoms with van der Waals surface area (Å²) in [6.45, 7) is 3.82. The molecule has 0 fully saturated rings. The van der Waals surface area contributed by atoms with Gasteiger partial charge in [0, 0.05) is 7.11 Å². The zero-order valence-corrected chi connectivity index (χ0v) is 9.61. The Morgan fingerprint density at radius 1 is 1.00 bits per heavy atom. The van der Waals surface area contributed by atoms with E-state index in [9.17, 15) is 9.59 Å². The quantitative estimate of drug-likeness (QED) is 0.483. The largest absolute Gasteiger partial charge is 0.469 e. The van der Waals surface area contributed by atoms with Crippen molar-refractivity contribution < 1.29 is 23.8 Å². The summed E-state index contributed by atoms with van der Waals surface area (Å²) in [6, 6.07) is 0. The van der Waals surface area contributed by atoms with E-state index in [-0.39, 0.29) is 6.61 Å². The van der Waals surface area contributed by atoms with E-state index >= 15 is 0 Å². The van der Waals surface area contributed by atoms with Crippen LogP contribution in [-0.4, -0.2) is 39.4 Å². The third kappa shape index (κ3) is 4.78. The first-order valence-corrected chi connectivity index (χ1v) is 4.78. The highest BCUT2D eigenvalue weighted by molar-refractivity contribution is 5.81. The second-order valence-corrected chi connectivity index (χ2v) is 3.26. The summed E-state index contributed by atoms with van der Waals surface area (Å²) in [6.07, 6.45) is 0. The van der Waals surface area contributed by atoms with Crippen molar-refractivity contribution in [3.8, 4) is 0 Å². The Bertz CT molecular complexity index is 214. The Balaban J connectivity index is 4.02. The normalized spacial score (nSPS) is 14.1. The summed E-state index contributed by atoms with van der Waals surface area (Å²) in [5.41, 5.74) is 0. The van der Waals surface area contributed by atoms with Crippen molar-refractivity contribution in [3.63, 3.8) is 0 Å². The second kappa shape index (κ2) is 7.23. The number of carbonyl (C=O) groups is 2. The molecule has 0 spiro atoms. The van der Waals surface area contributed by atoms with Gasteiger partial charge >= 0.3 is 11.9 Å². The van der Waals surface area contributed by atoms with Gasteiger partial charge in [-0.3, -0.25) is 9.59 Å². The van der Waals surface area contributed by atoms with E-state index in [0.717, 1.165) is 0 Å². The van der Waals surface area contributed by atoms with Gasteiger partial charge in [0.25, 0.3) is 0 Å². The Morgan fingerprint density at radius 3 is 2.00 bits per heavy atom. The van der Waals surface area contributed by atoms with Crippen LogP contribution in [0, 0.1) is 11.8 Å². The van der Waals surface area contributed by atoms with Crippen molar-refractivity contribution in [2.24, 2.45) is 11.8 Å². The van der Waals surface area contributed by atoms with Gasteiger partial charge in [-0.15, -0.1) is 0 Å². The Hall–Kier alpha value is -1.10. The van der Waals surface area contributed by atoms with Gasteiger partial charge in [0.1, 0.15) is 6.61 Å². The van der Waals surface area contributed by atoms with Crippen LogP contribution in [0.25, 0.3) is 0 Å². The van der Waals surface area contributed by atoms with Crippen molar-refractivity contribution >= 4 is 11.9 Å². The Morgan fingerprint density at radius 2 is 1.53 bits per heavy atom. The molecule has 0 N–H and O–H groups in total. The molecule has 0 rings (SSSR count). The standard InChI is InChI=1S/C10H18O5/c1-7(9(11)14-4)8(2)10(12)15-6-5-13-3/h7-8H,5-6H2,1-4H3. The number of esters is 2. The number of rotatable bonds is 6. The highest BCUT2D eigenvalue weighted by Crippen LogP contribution is 2.14. The maximum atomic E-state index is 11.4. The lowest BCUT2D eigenvalue weighted by molar-refractivity contribution is -0.158. The lowest BCUT2D eigenvalue weighted by Crippen LogP contribution is -2.28. The van der Waals surface area contributed by atoms with Crippen LogP contribution < -0.4 is 0 Å². The SMILES string of the molecule is COCCOC(=O)C(C)C(C)C(=O)OC. The monoisotopic (exact) mass is 218 g/mol. The minimum atomic E-state index is -0.505. The average Bonchev–Trinajstić information content (AvgIpc) is 2.26. The Labute approximate surface area is 89.7 Å². The molecule has 0 heterocycles. The van der Waals surface area contributed by atoms with Crippen LogP contribution in [0.5, 0.6) is 0 Å². The van der Waals surface area contributed by atoms with Gasteiger partial charge in [-0.05, 0) is 0 Å². The van der Waals surface area contributed by atoms with Crippen LogP contribution in [-0.2, 0) is 23.8 Å². The first kappa shape index (κ1) is 13.9.